The van der Waals surface area contributed by atoms with Gasteiger partial charge in [-0.05, 0) is 43.0 Å². The highest BCUT2D eigenvalue weighted by atomic mass is 16.5. The minimum absolute atomic E-state index is 0.147. The number of nitrogens with zero attached hydrogens (tertiary/aromatic N) is 1. The third kappa shape index (κ3) is 6.71. The average molecular weight is 455 g/mol. The summed E-state index contributed by atoms with van der Waals surface area (Å²) in [5.41, 5.74) is 1.72. The van der Waals surface area contributed by atoms with Crippen LogP contribution in [0.1, 0.15) is 30.9 Å². The van der Waals surface area contributed by atoms with Crippen molar-refractivity contribution in [2.24, 2.45) is 0 Å². The first-order chi connectivity index (χ1) is 16.0. The van der Waals surface area contributed by atoms with Crippen molar-refractivity contribution in [1.29, 1.82) is 0 Å². The molecule has 1 aliphatic heterocycles. The van der Waals surface area contributed by atoms with Crippen LogP contribution in [0.3, 0.4) is 0 Å². The van der Waals surface area contributed by atoms with E-state index in [4.69, 9.17) is 14.2 Å². The van der Waals surface area contributed by atoms with Gasteiger partial charge in [0.1, 0.15) is 24.4 Å². The first-order valence-electron chi connectivity index (χ1n) is 11.1. The molecule has 1 aliphatic rings. The van der Waals surface area contributed by atoms with Crippen LogP contribution in [-0.4, -0.2) is 55.2 Å². The smallest absolute Gasteiger partial charge is 0.407 e. The molecule has 0 spiro atoms. The lowest BCUT2D eigenvalue weighted by Gasteiger charge is -2.28. The Balaban J connectivity index is 1.70. The fourth-order valence-corrected chi connectivity index (χ4v) is 3.81. The summed E-state index contributed by atoms with van der Waals surface area (Å²) < 4.78 is 15.6. The van der Waals surface area contributed by atoms with Gasteiger partial charge in [-0.25, -0.2) is 9.59 Å². The van der Waals surface area contributed by atoms with Crippen LogP contribution in [0.5, 0.6) is 5.75 Å². The lowest BCUT2D eigenvalue weighted by atomic mass is 10.0. The number of carbonyl (C=O) groups is 3. The Morgan fingerprint density at radius 1 is 1.03 bits per heavy atom. The van der Waals surface area contributed by atoms with Crippen LogP contribution >= 0.6 is 0 Å². The minimum Gasteiger partial charge on any atom is -0.497 e. The molecule has 2 aromatic rings. The standard InChI is InChI=1S/C25H30N2O6/c1-3-32-25(30)26-21(16-18-11-13-20(31-2)14-12-18)23(28)27-15-7-10-22(27)24(29)33-17-19-8-5-4-6-9-19/h4-6,8-9,11-14,21-22H,3,7,10,15-17H2,1-2H3,(H,26,30)/t21-,22+/m1/s1. The largest absolute Gasteiger partial charge is 0.497 e. The van der Waals surface area contributed by atoms with Gasteiger partial charge in [-0.3, -0.25) is 4.79 Å². The topological polar surface area (TPSA) is 94.2 Å². The van der Waals surface area contributed by atoms with Crippen LogP contribution in [0.4, 0.5) is 4.79 Å². The fraction of sp³-hybridized carbons (Fsp3) is 0.400. The van der Waals surface area contributed by atoms with Crippen LogP contribution in [-0.2, 0) is 32.1 Å². The molecule has 0 radical (unpaired) electrons. The van der Waals surface area contributed by atoms with Crippen molar-refractivity contribution in [2.45, 2.75) is 44.9 Å². The van der Waals surface area contributed by atoms with Gasteiger partial charge in [0.25, 0.3) is 0 Å². The Morgan fingerprint density at radius 2 is 1.76 bits per heavy atom. The SMILES string of the molecule is CCOC(=O)N[C@H](Cc1ccc(OC)cc1)C(=O)N1CCC[C@H]1C(=O)OCc1ccccc1. The number of methoxy groups -OCH3 is 1. The Bertz CT molecular complexity index is 932. The van der Waals surface area contributed by atoms with Crippen LogP contribution in [0.2, 0.25) is 0 Å². The van der Waals surface area contributed by atoms with Gasteiger partial charge in [-0.15, -0.1) is 0 Å². The molecule has 2 aromatic carbocycles. The summed E-state index contributed by atoms with van der Waals surface area (Å²) in [5, 5.41) is 2.65. The van der Waals surface area contributed by atoms with E-state index in [9.17, 15) is 14.4 Å². The molecule has 0 unspecified atom stereocenters. The zero-order chi connectivity index (χ0) is 23.6. The molecule has 33 heavy (non-hydrogen) atoms. The number of carbonyl (C=O) groups excluding carboxylic acids is 3. The second-order valence-corrected chi connectivity index (χ2v) is 7.75. The highest BCUT2D eigenvalue weighted by Gasteiger charge is 2.38. The van der Waals surface area contributed by atoms with Gasteiger partial charge in [0.15, 0.2) is 0 Å². The predicted molar refractivity (Wildman–Crippen MR) is 122 cm³/mol. The van der Waals surface area contributed by atoms with E-state index in [0.29, 0.717) is 25.1 Å². The first kappa shape index (κ1) is 24.1. The Hall–Kier alpha value is -3.55. The maximum Gasteiger partial charge on any atom is 0.407 e. The molecule has 0 saturated carbocycles. The molecule has 2 amide bonds. The van der Waals surface area contributed by atoms with Crippen molar-refractivity contribution in [3.05, 3.63) is 65.7 Å². The van der Waals surface area contributed by atoms with Crippen molar-refractivity contribution in [3.8, 4) is 5.75 Å². The van der Waals surface area contributed by atoms with Gasteiger partial charge in [0.05, 0.1) is 13.7 Å². The van der Waals surface area contributed by atoms with E-state index in [1.54, 1.807) is 26.2 Å². The number of likely N-dealkylation sites (tertiary alicyclic amines) is 1. The Labute approximate surface area is 193 Å². The quantitative estimate of drug-likeness (QED) is 0.585. The van der Waals surface area contributed by atoms with Gasteiger partial charge < -0.3 is 24.4 Å². The molecular weight excluding hydrogens is 424 g/mol. The van der Waals surface area contributed by atoms with E-state index in [-0.39, 0.29) is 25.5 Å². The third-order valence-electron chi connectivity index (χ3n) is 5.50. The van der Waals surface area contributed by atoms with E-state index in [1.165, 1.54) is 4.90 Å². The maximum absolute atomic E-state index is 13.4. The Kier molecular flexibility index (Phi) is 8.69. The monoisotopic (exact) mass is 454 g/mol. The van der Waals surface area contributed by atoms with Crippen molar-refractivity contribution >= 4 is 18.0 Å². The molecule has 176 valence electrons. The summed E-state index contributed by atoms with van der Waals surface area (Å²) in [6, 6.07) is 15.1. The van der Waals surface area contributed by atoms with E-state index in [2.05, 4.69) is 5.32 Å². The zero-order valence-electron chi connectivity index (χ0n) is 19.0. The second kappa shape index (κ2) is 11.9. The number of hydrogen-bond acceptors (Lipinski definition) is 6. The van der Waals surface area contributed by atoms with Gasteiger partial charge in [0, 0.05) is 13.0 Å². The second-order valence-electron chi connectivity index (χ2n) is 7.75. The predicted octanol–water partition coefficient (Wildman–Crippen LogP) is 3.09. The number of ether oxygens (including phenoxy) is 3. The summed E-state index contributed by atoms with van der Waals surface area (Å²) in [7, 11) is 1.58. The molecule has 1 heterocycles. The van der Waals surface area contributed by atoms with E-state index < -0.39 is 24.1 Å². The number of amides is 2. The van der Waals surface area contributed by atoms with Crippen molar-refractivity contribution < 1.29 is 28.6 Å². The van der Waals surface area contributed by atoms with Crippen LogP contribution < -0.4 is 10.1 Å². The van der Waals surface area contributed by atoms with Gasteiger partial charge in [-0.1, -0.05) is 42.5 Å². The number of alkyl carbamates (subject to hydrolysis) is 1. The van der Waals surface area contributed by atoms with Gasteiger partial charge in [0.2, 0.25) is 5.91 Å². The van der Waals surface area contributed by atoms with Crippen LogP contribution in [0.25, 0.3) is 0 Å². The van der Waals surface area contributed by atoms with Crippen LogP contribution in [0.15, 0.2) is 54.6 Å². The normalized spacial score (nSPS) is 16.1. The molecule has 8 nitrogen and oxygen atoms in total. The summed E-state index contributed by atoms with van der Waals surface area (Å²) >= 11 is 0. The van der Waals surface area contributed by atoms with E-state index >= 15 is 0 Å². The van der Waals surface area contributed by atoms with Crippen LogP contribution in [0, 0.1) is 0 Å². The van der Waals surface area contributed by atoms with Crippen molar-refractivity contribution in [3.63, 3.8) is 0 Å². The van der Waals surface area contributed by atoms with Crippen molar-refractivity contribution in [1.82, 2.24) is 10.2 Å². The Morgan fingerprint density at radius 3 is 2.42 bits per heavy atom. The molecule has 0 bridgehead atoms. The molecular formula is C25H30N2O6. The van der Waals surface area contributed by atoms with Crippen molar-refractivity contribution in [2.75, 3.05) is 20.3 Å². The number of benzene rings is 2. The number of esters is 1. The highest BCUT2D eigenvalue weighted by molar-refractivity contribution is 5.90. The summed E-state index contributed by atoms with van der Waals surface area (Å²) in [6.07, 6.45) is 0.787. The van der Waals surface area contributed by atoms with E-state index in [0.717, 1.165) is 11.1 Å². The fourth-order valence-electron chi connectivity index (χ4n) is 3.81. The average Bonchev–Trinajstić information content (AvgIpc) is 3.33. The first-order valence-corrected chi connectivity index (χ1v) is 11.1. The summed E-state index contributed by atoms with van der Waals surface area (Å²) in [6.45, 7) is 2.45. The van der Waals surface area contributed by atoms with Gasteiger partial charge in [-0.2, -0.15) is 0 Å². The molecule has 0 aromatic heterocycles. The molecule has 1 saturated heterocycles. The van der Waals surface area contributed by atoms with E-state index in [1.807, 2.05) is 42.5 Å². The third-order valence-corrected chi connectivity index (χ3v) is 5.50. The molecule has 2 atom stereocenters. The number of nitrogens with one attached hydrogen (secondary N) is 1. The van der Waals surface area contributed by atoms with Gasteiger partial charge >= 0.3 is 12.1 Å². The maximum atomic E-state index is 13.4. The highest BCUT2D eigenvalue weighted by Crippen LogP contribution is 2.22. The molecule has 0 aliphatic carbocycles. The summed E-state index contributed by atoms with van der Waals surface area (Å²) in [4.78, 5) is 39.8. The summed E-state index contributed by atoms with van der Waals surface area (Å²) in [5.74, 6) is -0.0807. The molecule has 8 heteroatoms. The zero-order valence-corrected chi connectivity index (χ0v) is 19.0. The minimum atomic E-state index is -0.875. The molecule has 1 N–H and O–H groups in total. The lowest BCUT2D eigenvalue weighted by molar-refractivity contribution is -0.155. The molecule has 1 fully saturated rings. The lowest BCUT2D eigenvalue weighted by Crippen LogP contribution is -2.52. The number of rotatable bonds is 9. The molecule has 3 rings (SSSR count). The number of hydrogen-bond donors (Lipinski definition) is 1.